The van der Waals surface area contributed by atoms with Gasteiger partial charge in [0, 0.05) is 24.2 Å². The lowest BCUT2D eigenvalue weighted by Crippen LogP contribution is -2.15. The minimum Gasteiger partial charge on any atom is -0.356 e. The predicted molar refractivity (Wildman–Crippen MR) is 79.3 cm³/mol. The maximum atomic E-state index is 5.46. The Kier molecular flexibility index (Phi) is 2.78. The van der Waals surface area contributed by atoms with E-state index < -0.39 is 0 Å². The predicted octanol–water partition coefficient (Wildman–Crippen LogP) is 3.75. The topological polar surface area (TPSA) is 38.1 Å². The van der Waals surface area contributed by atoms with Crippen LogP contribution in [0.15, 0.2) is 53.1 Å². The van der Waals surface area contributed by atoms with E-state index in [4.69, 9.17) is 4.52 Å². The molecule has 0 radical (unpaired) electrons. The minimum absolute atomic E-state index is 0.691. The number of fused-ring (bicyclic) bond motifs is 1. The van der Waals surface area contributed by atoms with Gasteiger partial charge >= 0.3 is 0 Å². The first-order valence-corrected chi connectivity index (χ1v) is 7.07. The van der Waals surface area contributed by atoms with E-state index in [1.807, 2.05) is 6.07 Å². The molecule has 3 heteroatoms. The molecule has 2 aromatic carbocycles. The number of nitrogens with one attached hydrogen (secondary N) is 1. The highest BCUT2D eigenvalue weighted by molar-refractivity contribution is 5.86. The van der Waals surface area contributed by atoms with Gasteiger partial charge in [-0.05, 0) is 29.7 Å². The lowest BCUT2D eigenvalue weighted by molar-refractivity contribution is 0.420. The van der Waals surface area contributed by atoms with Crippen LogP contribution in [-0.2, 0) is 6.54 Å². The fourth-order valence-electron chi connectivity index (χ4n) is 2.41. The summed E-state index contributed by atoms with van der Waals surface area (Å²) >= 11 is 0. The second-order valence-electron chi connectivity index (χ2n) is 5.40. The summed E-state index contributed by atoms with van der Waals surface area (Å²) in [5.74, 6) is 0.836. The van der Waals surface area contributed by atoms with Crippen molar-refractivity contribution in [2.45, 2.75) is 25.4 Å². The standard InChI is InChI=1S/C17H16N2O/c1-2-4-13-9-14(6-5-12(13)3-1)17-10-16(19-20-17)11-18-15-7-8-15/h1-6,9-10,15,18H,7-8,11H2. The molecule has 0 atom stereocenters. The van der Waals surface area contributed by atoms with E-state index >= 15 is 0 Å². The highest BCUT2D eigenvalue weighted by Gasteiger charge is 2.20. The van der Waals surface area contributed by atoms with Crippen LogP contribution in [0.3, 0.4) is 0 Å². The summed E-state index contributed by atoms with van der Waals surface area (Å²) in [5, 5.41) is 10.0. The normalized spacial score (nSPS) is 14.8. The van der Waals surface area contributed by atoms with Crippen molar-refractivity contribution >= 4 is 10.8 Å². The van der Waals surface area contributed by atoms with Crippen LogP contribution in [0.5, 0.6) is 0 Å². The number of hydrogen-bond acceptors (Lipinski definition) is 3. The zero-order chi connectivity index (χ0) is 13.4. The van der Waals surface area contributed by atoms with E-state index in [0.717, 1.165) is 23.6 Å². The third-order valence-corrected chi connectivity index (χ3v) is 3.74. The summed E-state index contributed by atoms with van der Waals surface area (Å²) in [4.78, 5) is 0. The van der Waals surface area contributed by atoms with Crippen LogP contribution in [0.2, 0.25) is 0 Å². The largest absolute Gasteiger partial charge is 0.356 e. The molecule has 0 unspecified atom stereocenters. The van der Waals surface area contributed by atoms with Crippen molar-refractivity contribution in [3.05, 3.63) is 54.2 Å². The first kappa shape index (κ1) is 11.7. The molecule has 4 rings (SSSR count). The van der Waals surface area contributed by atoms with Crippen LogP contribution in [0.1, 0.15) is 18.5 Å². The first-order chi connectivity index (χ1) is 9.88. The Balaban J connectivity index is 1.60. The number of rotatable bonds is 4. The second-order valence-corrected chi connectivity index (χ2v) is 5.40. The average Bonchev–Trinajstić information content (AvgIpc) is 3.21. The van der Waals surface area contributed by atoms with E-state index in [-0.39, 0.29) is 0 Å². The van der Waals surface area contributed by atoms with Crippen molar-refractivity contribution in [3.63, 3.8) is 0 Å². The monoisotopic (exact) mass is 264 g/mol. The second kappa shape index (κ2) is 4.76. The Morgan fingerprint density at radius 1 is 1.05 bits per heavy atom. The highest BCUT2D eigenvalue weighted by Crippen LogP contribution is 2.25. The molecule has 1 heterocycles. The molecule has 1 saturated carbocycles. The first-order valence-electron chi connectivity index (χ1n) is 7.07. The number of aromatic nitrogens is 1. The average molecular weight is 264 g/mol. The molecule has 1 aliphatic carbocycles. The van der Waals surface area contributed by atoms with E-state index in [1.165, 1.54) is 23.6 Å². The molecule has 1 aliphatic rings. The Labute approximate surface area is 117 Å². The maximum Gasteiger partial charge on any atom is 0.167 e. The zero-order valence-electron chi connectivity index (χ0n) is 11.2. The van der Waals surface area contributed by atoms with Gasteiger partial charge in [-0.15, -0.1) is 0 Å². The maximum absolute atomic E-state index is 5.46. The Bertz CT molecular complexity index is 743. The molecule has 1 aromatic heterocycles. The molecule has 1 N–H and O–H groups in total. The highest BCUT2D eigenvalue weighted by atomic mass is 16.5. The lowest BCUT2D eigenvalue weighted by Gasteiger charge is -1.99. The summed E-state index contributed by atoms with van der Waals surface area (Å²) in [6, 6.07) is 17.4. The van der Waals surface area contributed by atoms with Gasteiger partial charge in [-0.3, -0.25) is 0 Å². The molecular weight excluding hydrogens is 248 g/mol. The van der Waals surface area contributed by atoms with Gasteiger partial charge < -0.3 is 9.84 Å². The van der Waals surface area contributed by atoms with Gasteiger partial charge in [-0.2, -0.15) is 0 Å². The molecule has 0 aliphatic heterocycles. The van der Waals surface area contributed by atoms with Crippen LogP contribution in [0.25, 0.3) is 22.1 Å². The molecule has 3 aromatic rings. The summed E-state index contributed by atoms with van der Waals surface area (Å²) in [5.41, 5.74) is 2.05. The molecular formula is C17H16N2O. The van der Waals surface area contributed by atoms with Crippen LogP contribution in [0.4, 0.5) is 0 Å². The molecule has 0 saturated heterocycles. The Hall–Kier alpha value is -2.13. The van der Waals surface area contributed by atoms with Gasteiger partial charge in [0.15, 0.2) is 5.76 Å². The fraction of sp³-hybridized carbons (Fsp3) is 0.235. The van der Waals surface area contributed by atoms with Crippen molar-refractivity contribution in [2.75, 3.05) is 0 Å². The van der Waals surface area contributed by atoms with Crippen LogP contribution >= 0.6 is 0 Å². The van der Waals surface area contributed by atoms with Gasteiger partial charge in [0.05, 0.1) is 5.69 Å². The van der Waals surface area contributed by atoms with Crippen molar-refractivity contribution in [1.82, 2.24) is 10.5 Å². The van der Waals surface area contributed by atoms with Gasteiger partial charge in [0.2, 0.25) is 0 Å². The fourth-order valence-corrected chi connectivity index (χ4v) is 2.41. The van der Waals surface area contributed by atoms with E-state index in [0.29, 0.717) is 6.04 Å². The quantitative estimate of drug-likeness (QED) is 0.780. The third-order valence-electron chi connectivity index (χ3n) is 3.74. The Morgan fingerprint density at radius 2 is 1.90 bits per heavy atom. The van der Waals surface area contributed by atoms with E-state index in [9.17, 15) is 0 Å². The number of benzene rings is 2. The summed E-state index contributed by atoms with van der Waals surface area (Å²) < 4.78 is 5.46. The molecule has 0 amide bonds. The molecule has 100 valence electrons. The minimum atomic E-state index is 0.691. The SMILES string of the molecule is c1ccc2cc(-c3cc(CNC4CC4)no3)ccc2c1. The molecule has 1 fully saturated rings. The lowest BCUT2D eigenvalue weighted by atomic mass is 10.1. The van der Waals surface area contributed by atoms with Crippen LogP contribution < -0.4 is 5.32 Å². The summed E-state index contributed by atoms with van der Waals surface area (Å²) in [6.07, 6.45) is 2.57. The van der Waals surface area contributed by atoms with Crippen LogP contribution in [0, 0.1) is 0 Å². The van der Waals surface area contributed by atoms with Gasteiger partial charge in [0.25, 0.3) is 0 Å². The molecule has 0 bridgehead atoms. The molecule has 0 spiro atoms. The smallest absolute Gasteiger partial charge is 0.167 e. The van der Waals surface area contributed by atoms with Crippen molar-refractivity contribution in [3.8, 4) is 11.3 Å². The molecule has 3 nitrogen and oxygen atoms in total. The number of hydrogen-bond donors (Lipinski definition) is 1. The van der Waals surface area contributed by atoms with Crippen molar-refractivity contribution in [1.29, 1.82) is 0 Å². The van der Waals surface area contributed by atoms with Crippen molar-refractivity contribution in [2.24, 2.45) is 0 Å². The van der Waals surface area contributed by atoms with Gasteiger partial charge in [-0.1, -0.05) is 41.6 Å². The number of nitrogens with zero attached hydrogens (tertiary/aromatic N) is 1. The van der Waals surface area contributed by atoms with Gasteiger partial charge in [0.1, 0.15) is 0 Å². The summed E-state index contributed by atoms with van der Waals surface area (Å²) in [7, 11) is 0. The summed E-state index contributed by atoms with van der Waals surface area (Å²) in [6.45, 7) is 0.793. The molecule has 20 heavy (non-hydrogen) atoms. The van der Waals surface area contributed by atoms with Crippen LogP contribution in [-0.4, -0.2) is 11.2 Å². The van der Waals surface area contributed by atoms with Gasteiger partial charge in [-0.25, -0.2) is 0 Å². The zero-order valence-corrected chi connectivity index (χ0v) is 11.2. The third kappa shape index (κ3) is 2.32. The van der Waals surface area contributed by atoms with Crippen molar-refractivity contribution < 1.29 is 4.52 Å². The Morgan fingerprint density at radius 3 is 2.75 bits per heavy atom. The van der Waals surface area contributed by atoms with E-state index in [2.05, 4.69) is 52.9 Å². The van der Waals surface area contributed by atoms with E-state index in [1.54, 1.807) is 0 Å².